The van der Waals surface area contributed by atoms with Gasteiger partial charge < -0.3 is 15.6 Å². The van der Waals surface area contributed by atoms with Crippen molar-refractivity contribution in [2.75, 3.05) is 13.1 Å². The van der Waals surface area contributed by atoms with Crippen molar-refractivity contribution >= 4 is 27.7 Å². The van der Waals surface area contributed by atoms with Crippen molar-refractivity contribution in [3.63, 3.8) is 0 Å². The van der Waals surface area contributed by atoms with Gasteiger partial charge in [0.25, 0.3) is 5.91 Å². The summed E-state index contributed by atoms with van der Waals surface area (Å²) in [4.78, 5) is 12.4. The Hall–Kier alpha value is -2.33. The Bertz CT molecular complexity index is 851. The van der Waals surface area contributed by atoms with Crippen LogP contribution in [0, 0.1) is 0 Å². The first kappa shape index (κ1) is 16.5. The predicted molar refractivity (Wildman–Crippen MR) is 100 cm³/mol. The first-order chi connectivity index (χ1) is 11.8. The van der Waals surface area contributed by atoms with E-state index in [0.717, 1.165) is 36.8 Å². The summed E-state index contributed by atoms with van der Waals surface area (Å²) in [6.07, 6.45) is 3.04. The Labute approximate surface area is 142 Å². The van der Waals surface area contributed by atoms with Crippen LogP contribution >= 0.6 is 0 Å². The third-order valence-electron chi connectivity index (χ3n) is 4.52. The Morgan fingerprint density at radius 1 is 1.04 bits per heavy atom. The normalized spacial score (nSPS) is 11.2. The van der Waals surface area contributed by atoms with Gasteiger partial charge in [-0.1, -0.05) is 24.6 Å². The second kappa shape index (κ2) is 7.49. The van der Waals surface area contributed by atoms with Crippen molar-refractivity contribution < 1.29 is 4.79 Å². The van der Waals surface area contributed by atoms with Crippen LogP contribution in [0.2, 0.25) is 0 Å². The molecule has 3 aromatic rings. The Kier molecular flexibility index (Phi) is 5.16. The first-order valence-corrected chi connectivity index (χ1v) is 8.75. The van der Waals surface area contributed by atoms with Gasteiger partial charge in [0.15, 0.2) is 0 Å². The van der Waals surface area contributed by atoms with Crippen LogP contribution in [-0.4, -0.2) is 23.6 Å². The van der Waals surface area contributed by atoms with Crippen LogP contribution in [0.1, 0.15) is 36.5 Å². The molecule has 3 rings (SSSR count). The maximum absolute atomic E-state index is 12.4. The smallest absolute Gasteiger partial charge is 0.251 e. The van der Waals surface area contributed by atoms with Gasteiger partial charge in [-0.15, -0.1) is 0 Å². The monoisotopic (exact) mass is 323 g/mol. The Morgan fingerprint density at radius 2 is 1.83 bits per heavy atom. The fourth-order valence-corrected chi connectivity index (χ4v) is 3.29. The van der Waals surface area contributed by atoms with Crippen molar-refractivity contribution in [1.29, 1.82) is 0 Å². The van der Waals surface area contributed by atoms with Crippen molar-refractivity contribution in [3.8, 4) is 0 Å². The topological polar surface area (TPSA) is 60.0 Å². The number of nitrogens with two attached hydrogens (primary N) is 1. The number of unbranched alkanes of at least 4 members (excludes halogenated alkanes) is 2. The molecular formula is C20H25N3O. The number of hydrogen-bond donors (Lipinski definition) is 2. The molecular weight excluding hydrogens is 298 g/mol. The molecule has 0 bridgehead atoms. The molecule has 24 heavy (non-hydrogen) atoms. The molecule has 0 aliphatic carbocycles. The van der Waals surface area contributed by atoms with Crippen LogP contribution in [0.15, 0.2) is 42.5 Å². The molecule has 126 valence electrons. The van der Waals surface area contributed by atoms with Gasteiger partial charge in [-0.25, -0.2) is 0 Å². The first-order valence-electron chi connectivity index (χ1n) is 8.75. The average molecular weight is 323 g/mol. The summed E-state index contributed by atoms with van der Waals surface area (Å²) in [5.74, 6) is -0.00187. The van der Waals surface area contributed by atoms with E-state index in [-0.39, 0.29) is 5.91 Å². The lowest BCUT2D eigenvalue weighted by molar-refractivity contribution is 0.0953. The molecule has 1 heterocycles. The minimum Gasteiger partial charge on any atom is -0.352 e. The number of nitrogens with zero attached hydrogens (tertiary/aromatic N) is 1. The van der Waals surface area contributed by atoms with Gasteiger partial charge in [-0.05, 0) is 50.6 Å². The second-order valence-corrected chi connectivity index (χ2v) is 6.10. The summed E-state index contributed by atoms with van der Waals surface area (Å²) in [6.45, 7) is 4.48. The molecule has 1 aromatic heterocycles. The molecule has 0 saturated carbocycles. The minimum atomic E-state index is -0.00187. The van der Waals surface area contributed by atoms with Gasteiger partial charge >= 0.3 is 0 Å². The summed E-state index contributed by atoms with van der Waals surface area (Å²) in [6, 6.07) is 14.4. The van der Waals surface area contributed by atoms with E-state index in [1.54, 1.807) is 0 Å². The summed E-state index contributed by atoms with van der Waals surface area (Å²) >= 11 is 0. The lowest BCUT2D eigenvalue weighted by atomic mass is 10.1. The third kappa shape index (κ3) is 3.15. The largest absolute Gasteiger partial charge is 0.352 e. The van der Waals surface area contributed by atoms with Gasteiger partial charge in [-0.2, -0.15) is 0 Å². The highest BCUT2D eigenvalue weighted by molar-refractivity contribution is 6.10. The fourth-order valence-electron chi connectivity index (χ4n) is 3.29. The number of nitrogens with one attached hydrogen (secondary N) is 1. The number of aryl methyl sites for hydroxylation is 1. The van der Waals surface area contributed by atoms with Crippen molar-refractivity contribution in [3.05, 3.63) is 48.0 Å². The van der Waals surface area contributed by atoms with E-state index in [4.69, 9.17) is 5.73 Å². The summed E-state index contributed by atoms with van der Waals surface area (Å²) in [5, 5.41) is 5.35. The molecule has 0 spiro atoms. The summed E-state index contributed by atoms with van der Waals surface area (Å²) in [7, 11) is 0. The van der Waals surface area contributed by atoms with Gasteiger partial charge in [0.2, 0.25) is 0 Å². The average Bonchev–Trinajstić information content (AvgIpc) is 2.94. The quantitative estimate of drug-likeness (QED) is 0.652. The van der Waals surface area contributed by atoms with Crippen molar-refractivity contribution in [2.24, 2.45) is 5.73 Å². The minimum absolute atomic E-state index is 0.00187. The zero-order chi connectivity index (χ0) is 16.9. The van der Waals surface area contributed by atoms with Crippen molar-refractivity contribution in [1.82, 2.24) is 9.88 Å². The molecule has 0 aliphatic heterocycles. The molecule has 0 fully saturated rings. The highest BCUT2D eigenvalue weighted by Crippen LogP contribution is 2.29. The molecule has 4 nitrogen and oxygen atoms in total. The van der Waals surface area contributed by atoms with E-state index in [0.29, 0.717) is 13.1 Å². The zero-order valence-corrected chi connectivity index (χ0v) is 14.2. The molecule has 1 amide bonds. The molecule has 0 aliphatic rings. The van der Waals surface area contributed by atoms with E-state index >= 15 is 0 Å². The number of para-hydroxylation sites is 1. The Balaban J connectivity index is 1.86. The van der Waals surface area contributed by atoms with Crippen LogP contribution in [0.25, 0.3) is 21.8 Å². The summed E-state index contributed by atoms with van der Waals surface area (Å²) in [5.41, 5.74) is 8.60. The molecule has 0 atom stereocenters. The molecule has 0 unspecified atom stereocenters. The SMILES string of the molecule is CCn1c2ccccc2c2cc(C(=O)NCCCCCN)ccc21. The van der Waals surface area contributed by atoms with Crippen LogP contribution in [0.5, 0.6) is 0 Å². The molecule has 0 radical (unpaired) electrons. The molecule has 0 saturated heterocycles. The standard InChI is InChI=1S/C20H25N3O/c1-2-23-18-9-5-4-8-16(18)17-14-15(10-11-19(17)23)20(24)22-13-7-3-6-12-21/h4-5,8-11,14H,2-3,6-7,12-13,21H2,1H3,(H,22,24). The lowest BCUT2D eigenvalue weighted by Gasteiger charge is -2.06. The third-order valence-corrected chi connectivity index (χ3v) is 4.52. The highest BCUT2D eigenvalue weighted by atomic mass is 16.1. The number of rotatable bonds is 7. The van der Waals surface area contributed by atoms with E-state index < -0.39 is 0 Å². The number of aromatic nitrogens is 1. The highest BCUT2D eigenvalue weighted by Gasteiger charge is 2.12. The number of hydrogen-bond acceptors (Lipinski definition) is 2. The van der Waals surface area contributed by atoms with Gasteiger partial charge in [0.1, 0.15) is 0 Å². The van der Waals surface area contributed by atoms with Gasteiger partial charge in [0.05, 0.1) is 0 Å². The van der Waals surface area contributed by atoms with Gasteiger partial charge in [-0.3, -0.25) is 4.79 Å². The number of amides is 1. The fraction of sp³-hybridized carbons (Fsp3) is 0.350. The van der Waals surface area contributed by atoms with Crippen LogP contribution < -0.4 is 11.1 Å². The second-order valence-electron chi connectivity index (χ2n) is 6.10. The van der Waals surface area contributed by atoms with Crippen LogP contribution in [-0.2, 0) is 6.54 Å². The van der Waals surface area contributed by atoms with Crippen LogP contribution in [0.3, 0.4) is 0 Å². The molecule has 2 aromatic carbocycles. The van der Waals surface area contributed by atoms with E-state index in [1.807, 2.05) is 18.2 Å². The van der Waals surface area contributed by atoms with E-state index in [2.05, 4.69) is 41.1 Å². The van der Waals surface area contributed by atoms with Crippen molar-refractivity contribution in [2.45, 2.75) is 32.7 Å². The number of carbonyl (C=O) groups excluding carboxylic acids is 1. The zero-order valence-electron chi connectivity index (χ0n) is 14.2. The number of fused-ring (bicyclic) bond motifs is 3. The molecule has 3 N–H and O–H groups in total. The van der Waals surface area contributed by atoms with E-state index in [1.165, 1.54) is 16.4 Å². The number of benzene rings is 2. The predicted octanol–water partition coefficient (Wildman–Crippen LogP) is 3.67. The van der Waals surface area contributed by atoms with Crippen LogP contribution in [0.4, 0.5) is 0 Å². The lowest BCUT2D eigenvalue weighted by Crippen LogP contribution is -2.24. The maximum Gasteiger partial charge on any atom is 0.251 e. The van der Waals surface area contributed by atoms with E-state index in [9.17, 15) is 4.79 Å². The maximum atomic E-state index is 12.4. The Morgan fingerprint density at radius 3 is 2.62 bits per heavy atom. The van der Waals surface area contributed by atoms with Gasteiger partial charge in [0, 0.05) is 40.5 Å². The number of carbonyl (C=O) groups is 1. The summed E-state index contributed by atoms with van der Waals surface area (Å²) < 4.78 is 2.29. The molecule has 4 heteroatoms.